The Morgan fingerprint density at radius 2 is 2.21 bits per heavy atom. The van der Waals surface area contributed by atoms with E-state index in [0.717, 1.165) is 12.8 Å². The van der Waals surface area contributed by atoms with Crippen molar-refractivity contribution in [2.75, 3.05) is 13.2 Å². The molecule has 0 aromatic carbocycles. The van der Waals surface area contributed by atoms with E-state index in [2.05, 4.69) is 0 Å². The second-order valence-corrected chi connectivity index (χ2v) is 4.31. The number of cyclic esters (lactones) is 1. The molecule has 14 heavy (non-hydrogen) atoms. The number of hydrogen-bond donors (Lipinski definition) is 1. The van der Waals surface area contributed by atoms with Crippen LogP contribution in [0.25, 0.3) is 0 Å². The van der Waals surface area contributed by atoms with Gasteiger partial charge in [-0.1, -0.05) is 27.2 Å². The maximum atomic E-state index is 11.3. The maximum Gasteiger partial charge on any atom is 0.367 e. The molecule has 1 N–H and O–H groups in total. The minimum atomic E-state index is -1.76. The molecular weight excluding hydrogens is 184 g/mol. The van der Waals surface area contributed by atoms with E-state index < -0.39 is 17.2 Å². The summed E-state index contributed by atoms with van der Waals surface area (Å²) in [7, 11) is 0. The van der Waals surface area contributed by atoms with Crippen molar-refractivity contribution in [3.05, 3.63) is 0 Å². The zero-order chi connectivity index (χ0) is 10.8. The van der Waals surface area contributed by atoms with Crippen LogP contribution >= 0.6 is 0 Å². The number of unbranched alkanes of at least 4 members (excludes halogenated alkanes) is 1. The number of ether oxygens (including phenoxy) is 2. The molecule has 82 valence electrons. The number of esters is 1. The monoisotopic (exact) mass is 202 g/mol. The molecule has 0 aliphatic carbocycles. The Kier molecular flexibility index (Phi) is 3.17. The van der Waals surface area contributed by atoms with E-state index in [4.69, 9.17) is 9.47 Å². The Hall–Kier alpha value is -0.610. The summed E-state index contributed by atoms with van der Waals surface area (Å²) in [6.45, 7) is 6.11. The molecule has 1 saturated heterocycles. The molecule has 0 aromatic heterocycles. The zero-order valence-electron chi connectivity index (χ0n) is 9.00. The molecule has 0 amide bonds. The summed E-state index contributed by atoms with van der Waals surface area (Å²) < 4.78 is 10.0. The zero-order valence-corrected chi connectivity index (χ0v) is 9.00. The summed E-state index contributed by atoms with van der Waals surface area (Å²) >= 11 is 0. The summed E-state index contributed by atoms with van der Waals surface area (Å²) in [4.78, 5) is 11.3. The van der Waals surface area contributed by atoms with Crippen LogP contribution in [0.4, 0.5) is 0 Å². The van der Waals surface area contributed by atoms with Crippen LogP contribution in [-0.4, -0.2) is 30.1 Å². The third kappa shape index (κ3) is 1.77. The first-order chi connectivity index (χ1) is 6.44. The molecule has 0 aromatic rings. The lowest BCUT2D eigenvalue weighted by molar-refractivity contribution is -0.238. The Morgan fingerprint density at radius 3 is 2.64 bits per heavy atom. The average Bonchev–Trinajstić information content (AvgIpc) is 2.31. The van der Waals surface area contributed by atoms with Crippen LogP contribution in [0.2, 0.25) is 0 Å². The molecule has 1 aliphatic heterocycles. The predicted molar refractivity (Wildman–Crippen MR) is 50.5 cm³/mol. The number of carbonyl (C=O) groups excluding carboxylic acids is 1. The Labute approximate surface area is 84.2 Å². The van der Waals surface area contributed by atoms with Crippen LogP contribution in [-0.2, 0) is 14.3 Å². The first-order valence-electron chi connectivity index (χ1n) is 4.97. The predicted octanol–water partition coefficient (Wildman–Crippen LogP) is 1.07. The van der Waals surface area contributed by atoms with Crippen molar-refractivity contribution in [3.63, 3.8) is 0 Å². The van der Waals surface area contributed by atoms with Crippen molar-refractivity contribution < 1.29 is 19.4 Å². The average molecular weight is 202 g/mol. The van der Waals surface area contributed by atoms with Gasteiger partial charge in [0, 0.05) is 0 Å². The van der Waals surface area contributed by atoms with Crippen LogP contribution in [0.1, 0.15) is 33.6 Å². The second kappa shape index (κ2) is 3.87. The number of rotatable bonds is 4. The van der Waals surface area contributed by atoms with Gasteiger partial charge in [-0.15, -0.1) is 0 Å². The maximum absolute atomic E-state index is 11.3. The minimum absolute atomic E-state index is 0.203. The number of hydrogen-bond acceptors (Lipinski definition) is 4. The van der Waals surface area contributed by atoms with E-state index in [1.165, 1.54) is 0 Å². The molecule has 0 saturated carbocycles. The molecule has 1 aliphatic rings. The van der Waals surface area contributed by atoms with E-state index in [-0.39, 0.29) is 6.61 Å². The molecule has 0 bridgehead atoms. The van der Waals surface area contributed by atoms with E-state index in [1.54, 1.807) is 13.8 Å². The summed E-state index contributed by atoms with van der Waals surface area (Å²) in [5.41, 5.74) is -0.669. The fourth-order valence-electron chi connectivity index (χ4n) is 1.34. The van der Waals surface area contributed by atoms with Crippen molar-refractivity contribution in [2.24, 2.45) is 5.41 Å². The Morgan fingerprint density at radius 1 is 1.57 bits per heavy atom. The van der Waals surface area contributed by atoms with Gasteiger partial charge in [0.15, 0.2) is 0 Å². The van der Waals surface area contributed by atoms with Gasteiger partial charge in [0.1, 0.15) is 6.61 Å². The van der Waals surface area contributed by atoms with Crippen LogP contribution in [0.5, 0.6) is 0 Å². The topological polar surface area (TPSA) is 55.8 Å². The molecular formula is C10H18O4. The van der Waals surface area contributed by atoms with Crippen LogP contribution < -0.4 is 0 Å². The lowest BCUT2D eigenvalue weighted by atomic mass is 9.86. The summed E-state index contributed by atoms with van der Waals surface area (Å²) in [5.74, 6) is -2.43. The lowest BCUT2D eigenvalue weighted by Gasteiger charge is -2.30. The van der Waals surface area contributed by atoms with Crippen molar-refractivity contribution in [1.82, 2.24) is 0 Å². The quantitative estimate of drug-likeness (QED) is 0.421. The molecule has 1 atom stereocenters. The van der Waals surface area contributed by atoms with E-state index in [1.807, 2.05) is 6.92 Å². The molecule has 0 spiro atoms. The van der Waals surface area contributed by atoms with Crippen molar-refractivity contribution in [3.8, 4) is 0 Å². The highest BCUT2D eigenvalue weighted by Crippen LogP contribution is 2.39. The SMILES string of the molecule is CCCCOC1(O)C(=O)OCC1(C)C. The van der Waals surface area contributed by atoms with Gasteiger partial charge in [-0.3, -0.25) is 0 Å². The van der Waals surface area contributed by atoms with Gasteiger partial charge in [-0.05, 0) is 6.42 Å². The van der Waals surface area contributed by atoms with Crippen LogP contribution in [0.15, 0.2) is 0 Å². The highest BCUT2D eigenvalue weighted by atomic mass is 16.7. The fraction of sp³-hybridized carbons (Fsp3) is 0.900. The van der Waals surface area contributed by atoms with Crippen molar-refractivity contribution in [2.45, 2.75) is 39.4 Å². The first kappa shape index (κ1) is 11.5. The van der Waals surface area contributed by atoms with Crippen molar-refractivity contribution in [1.29, 1.82) is 0 Å². The Balaban J connectivity index is 2.64. The highest BCUT2D eigenvalue weighted by molar-refractivity contribution is 5.80. The number of carbonyl (C=O) groups is 1. The normalized spacial score (nSPS) is 30.4. The minimum Gasteiger partial charge on any atom is -0.461 e. The third-order valence-electron chi connectivity index (χ3n) is 2.57. The van der Waals surface area contributed by atoms with Crippen molar-refractivity contribution >= 4 is 5.97 Å². The van der Waals surface area contributed by atoms with E-state index in [0.29, 0.717) is 6.61 Å². The van der Waals surface area contributed by atoms with Gasteiger partial charge in [-0.2, -0.15) is 0 Å². The van der Waals surface area contributed by atoms with Crippen LogP contribution in [0.3, 0.4) is 0 Å². The van der Waals surface area contributed by atoms with E-state index in [9.17, 15) is 9.90 Å². The van der Waals surface area contributed by atoms with Gasteiger partial charge in [0.05, 0.1) is 12.0 Å². The second-order valence-electron chi connectivity index (χ2n) is 4.31. The molecule has 1 heterocycles. The summed E-state index contributed by atoms with van der Waals surface area (Å²) in [6, 6.07) is 0. The van der Waals surface area contributed by atoms with Crippen LogP contribution in [0, 0.1) is 5.41 Å². The Bertz CT molecular complexity index is 224. The molecule has 4 heteroatoms. The number of aliphatic hydroxyl groups is 1. The summed E-state index contributed by atoms with van der Waals surface area (Å²) in [6.07, 6.45) is 1.79. The van der Waals surface area contributed by atoms with Gasteiger partial charge in [0.25, 0.3) is 5.79 Å². The molecule has 1 unspecified atom stereocenters. The van der Waals surface area contributed by atoms with E-state index >= 15 is 0 Å². The lowest BCUT2D eigenvalue weighted by Crippen LogP contribution is -2.49. The first-order valence-corrected chi connectivity index (χ1v) is 4.97. The highest BCUT2D eigenvalue weighted by Gasteiger charge is 2.58. The molecule has 1 fully saturated rings. The molecule has 4 nitrogen and oxygen atoms in total. The largest absolute Gasteiger partial charge is 0.461 e. The van der Waals surface area contributed by atoms with Gasteiger partial charge in [0.2, 0.25) is 0 Å². The smallest absolute Gasteiger partial charge is 0.367 e. The summed E-state index contributed by atoms with van der Waals surface area (Å²) in [5, 5.41) is 10.0. The molecule has 0 radical (unpaired) electrons. The third-order valence-corrected chi connectivity index (χ3v) is 2.57. The van der Waals surface area contributed by atoms with Gasteiger partial charge in [-0.25, -0.2) is 4.79 Å². The molecule has 1 rings (SSSR count). The van der Waals surface area contributed by atoms with Gasteiger partial charge >= 0.3 is 5.97 Å². The standard InChI is InChI=1S/C10H18O4/c1-4-5-6-14-10(12)8(11)13-7-9(10,2)3/h12H,4-7H2,1-3H3. The fourth-order valence-corrected chi connectivity index (χ4v) is 1.34. The van der Waals surface area contributed by atoms with Gasteiger partial charge < -0.3 is 14.6 Å².